The Morgan fingerprint density at radius 3 is 2.71 bits per heavy atom. The number of amides is 1. The van der Waals surface area contributed by atoms with Gasteiger partial charge in [0.1, 0.15) is 5.82 Å². The average Bonchev–Trinajstić information content (AvgIpc) is 2.47. The molecule has 0 unspecified atom stereocenters. The van der Waals surface area contributed by atoms with Crippen molar-refractivity contribution in [2.75, 3.05) is 26.7 Å². The first-order chi connectivity index (χ1) is 9.61. The first kappa shape index (κ1) is 18.4. The van der Waals surface area contributed by atoms with Crippen LogP contribution >= 0.6 is 28.3 Å². The molecule has 2 rings (SSSR count). The number of benzene rings is 1. The van der Waals surface area contributed by atoms with E-state index in [4.69, 9.17) is 0 Å². The highest BCUT2D eigenvalue weighted by Gasteiger charge is 2.24. The summed E-state index contributed by atoms with van der Waals surface area (Å²) in [4.78, 5) is 14.2. The van der Waals surface area contributed by atoms with E-state index >= 15 is 0 Å². The predicted molar refractivity (Wildman–Crippen MR) is 88.5 cm³/mol. The molecule has 6 heteroatoms. The molecule has 1 aliphatic heterocycles. The summed E-state index contributed by atoms with van der Waals surface area (Å²) in [5, 5.41) is 3.16. The molecule has 1 aromatic rings. The quantitative estimate of drug-likeness (QED) is 0.869. The Morgan fingerprint density at radius 2 is 2.10 bits per heavy atom. The zero-order valence-electron chi connectivity index (χ0n) is 12.1. The van der Waals surface area contributed by atoms with Crippen LogP contribution in [-0.4, -0.2) is 37.5 Å². The van der Waals surface area contributed by atoms with E-state index in [-0.39, 0.29) is 24.1 Å². The number of hydrogen-bond acceptors (Lipinski definition) is 2. The molecule has 1 aromatic carbocycles. The Labute approximate surface area is 139 Å². The van der Waals surface area contributed by atoms with Gasteiger partial charge in [0.25, 0.3) is 5.91 Å². The molecule has 0 aromatic heterocycles. The Bertz CT molecular complexity index is 479. The molecule has 118 valence electrons. The maximum Gasteiger partial charge on any atom is 0.255 e. The van der Waals surface area contributed by atoms with Crippen molar-refractivity contribution in [2.45, 2.75) is 19.3 Å². The smallest absolute Gasteiger partial charge is 0.255 e. The average molecular weight is 380 g/mol. The minimum Gasteiger partial charge on any atom is -0.339 e. The number of carbonyl (C=O) groups excluding carboxylic acids is 1. The second kappa shape index (κ2) is 8.71. The molecule has 0 atom stereocenters. The second-order valence-electron chi connectivity index (χ2n) is 5.25. The van der Waals surface area contributed by atoms with Gasteiger partial charge in [-0.3, -0.25) is 4.79 Å². The van der Waals surface area contributed by atoms with Crippen LogP contribution in [0.4, 0.5) is 4.39 Å². The SMILES string of the molecule is CNCCC1CCN(C(=O)c2cc(F)ccc2Br)CC1.Cl. The van der Waals surface area contributed by atoms with Crippen LogP contribution in [-0.2, 0) is 0 Å². The highest BCUT2D eigenvalue weighted by atomic mass is 79.9. The highest BCUT2D eigenvalue weighted by molar-refractivity contribution is 9.10. The summed E-state index contributed by atoms with van der Waals surface area (Å²) < 4.78 is 13.9. The van der Waals surface area contributed by atoms with E-state index in [0.29, 0.717) is 16.0 Å². The van der Waals surface area contributed by atoms with Crippen molar-refractivity contribution < 1.29 is 9.18 Å². The molecule has 0 aliphatic carbocycles. The number of nitrogens with zero attached hydrogens (tertiary/aromatic N) is 1. The number of nitrogens with one attached hydrogen (secondary N) is 1. The molecule has 3 nitrogen and oxygen atoms in total. The standard InChI is InChI=1S/C15H20BrFN2O.ClH/c1-18-7-4-11-5-8-19(9-6-11)15(20)13-10-12(17)2-3-14(13)16;/h2-3,10-11,18H,4-9H2,1H3;1H. The molecule has 1 heterocycles. The van der Waals surface area contributed by atoms with Crippen LogP contribution in [0.5, 0.6) is 0 Å². The van der Waals surface area contributed by atoms with Gasteiger partial charge in [0.2, 0.25) is 0 Å². The maximum atomic E-state index is 13.3. The molecular weight excluding hydrogens is 359 g/mol. The van der Waals surface area contributed by atoms with Crippen LogP contribution in [0, 0.1) is 11.7 Å². The number of rotatable bonds is 4. The van der Waals surface area contributed by atoms with Crippen molar-refractivity contribution in [1.82, 2.24) is 10.2 Å². The normalized spacial score (nSPS) is 15.7. The fourth-order valence-electron chi connectivity index (χ4n) is 2.60. The van der Waals surface area contributed by atoms with Gasteiger partial charge in [-0.1, -0.05) is 0 Å². The minimum absolute atomic E-state index is 0. The van der Waals surface area contributed by atoms with Crippen molar-refractivity contribution in [3.05, 3.63) is 34.1 Å². The summed E-state index contributed by atoms with van der Waals surface area (Å²) in [6.45, 7) is 2.54. The van der Waals surface area contributed by atoms with Crippen LogP contribution in [0.1, 0.15) is 29.6 Å². The van der Waals surface area contributed by atoms with Crippen molar-refractivity contribution in [2.24, 2.45) is 5.92 Å². The van der Waals surface area contributed by atoms with Crippen molar-refractivity contribution in [3.63, 3.8) is 0 Å². The molecule has 0 bridgehead atoms. The lowest BCUT2D eigenvalue weighted by molar-refractivity contribution is 0.0685. The van der Waals surface area contributed by atoms with E-state index < -0.39 is 0 Å². The molecule has 0 saturated carbocycles. The van der Waals surface area contributed by atoms with Gasteiger partial charge < -0.3 is 10.2 Å². The summed E-state index contributed by atoms with van der Waals surface area (Å²) >= 11 is 3.32. The number of carbonyl (C=O) groups is 1. The fourth-order valence-corrected chi connectivity index (χ4v) is 3.02. The van der Waals surface area contributed by atoms with Gasteiger partial charge in [-0.2, -0.15) is 0 Å². The second-order valence-corrected chi connectivity index (χ2v) is 6.11. The summed E-state index contributed by atoms with van der Waals surface area (Å²) in [7, 11) is 1.96. The van der Waals surface area contributed by atoms with Gasteiger partial charge in [-0.05, 0) is 72.9 Å². The predicted octanol–water partition coefficient (Wildman–Crippen LogP) is 3.47. The molecule has 1 N–H and O–H groups in total. The van der Waals surface area contributed by atoms with Gasteiger partial charge in [-0.25, -0.2) is 4.39 Å². The number of piperidine rings is 1. The third-order valence-corrected chi connectivity index (χ3v) is 4.55. The van der Waals surface area contributed by atoms with Crippen molar-refractivity contribution in [3.8, 4) is 0 Å². The van der Waals surface area contributed by atoms with Crippen molar-refractivity contribution >= 4 is 34.2 Å². The van der Waals surface area contributed by atoms with E-state index in [1.807, 2.05) is 11.9 Å². The molecule has 1 saturated heterocycles. The highest BCUT2D eigenvalue weighted by Crippen LogP contribution is 2.24. The first-order valence-corrected chi connectivity index (χ1v) is 7.80. The van der Waals surface area contributed by atoms with Gasteiger partial charge >= 0.3 is 0 Å². The van der Waals surface area contributed by atoms with Crippen LogP contribution in [0.2, 0.25) is 0 Å². The van der Waals surface area contributed by atoms with Crippen molar-refractivity contribution in [1.29, 1.82) is 0 Å². The Balaban J connectivity index is 0.00000220. The lowest BCUT2D eigenvalue weighted by Gasteiger charge is -2.32. The van der Waals surface area contributed by atoms with Gasteiger partial charge in [0, 0.05) is 17.6 Å². The maximum absolute atomic E-state index is 13.3. The lowest BCUT2D eigenvalue weighted by atomic mass is 9.93. The topological polar surface area (TPSA) is 32.3 Å². The van der Waals surface area contributed by atoms with E-state index in [1.54, 1.807) is 6.07 Å². The zero-order valence-corrected chi connectivity index (χ0v) is 14.5. The van der Waals surface area contributed by atoms with Crippen LogP contribution < -0.4 is 5.32 Å². The largest absolute Gasteiger partial charge is 0.339 e. The van der Waals surface area contributed by atoms with E-state index in [2.05, 4.69) is 21.2 Å². The monoisotopic (exact) mass is 378 g/mol. The van der Waals surface area contributed by atoms with Crippen LogP contribution in [0.15, 0.2) is 22.7 Å². The molecule has 1 fully saturated rings. The third-order valence-electron chi connectivity index (χ3n) is 3.86. The van der Waals surface area contributed by atoms with E-state index in [9.17, 15) is 9.18 Å². The summed E-state index contributed by atoms with van der Waals surface area (Å²) in [5.74, 6) is 0.228. The molecule has 0 radical (unpaired) electrons. The summed E-state index contributed by atoms with van der Waals surface area (Å²) in [5.41, 5.74) is 0.415. The van der Waals surface area contributed by atoms with Crippen LogP contribution in [0.3, 0.4) is 0 Å². The molecule has 1 aliphatic rings. The lowest BCUT2D eigenvalue weighted by Crippen LogP contribution is -2.39. The Hall–Kier alpha value is -0.650. The first-order valence-electron chi connectivity index (χ1n) is 7.00. The molecule has 1 amide bonds. The van der Waals surface area contributed by atoms with Gasteiger partial charge in [0.15, 0.2) is 0 Å². The molecule has 21 heavy (non-hydrogen) atoms. The number of hydrogen-bond donors (Lipinski definition) is 1. The summed E-state index contributed by atoms with van der Waals surface area (Å²) in [6, 6.07) is 4.24. The Morgan fingerprint density at radius 1 is 1.43 bits per heavy atom. The summed E-state index contributed by atoms with van der Waals surface area (Å²) in [6.07, 6.45) is 3.21. The third kappa shape index (κ3) is 4.94. The number of halogens is 3. The molecular formula is C15H21BrClFN2O. The Kier molecular flexibility index (Phi) is 7.63. The zero-order chi connectivity index (χ0) is 14.5. The van der Waals surface area contributed by atoms with Crippen LogP contribution in [0.25, 0.3) is 0 Å². The fraction of sp³-hybridized carbons (Fsp3) is 0.533. The number of likely N-dealkylation sites (tertiary alicyclic amines) is 1. The van der Waals surface area contributed by atoms with E-state index in [0.717, 1.165) is 38.9 Å². The minimum atomic E-state index is -0.375. The molecule has 0 spiro atoms. The van der Waals surface area contributed by atoms with Gasteiger partial charge in [-0.15, -0.1) is 12.4 Å². The van der Waals surface area contributed by atoms with E-state index in [1.165, 1.54) is 12.1 Å². The van der Waals surface area contributed by atoms with Gasteiger partial charge in [0.05, 0.1) is 5.56 Å².